The molecule has 0 amide bonds. The Labute approximate surface area is 116 Å². The number of benzene rings is 1. The second kappa shape index (κ2) is 5.22. The molecule has 1 aliphatic carbocycles. The van der Waals surface area contributed by atoms with E-state index < -0.39 is 0 Å². The Kier molecular flexibility index (Phi) is 4.03. The molecule has 0 aliphatic heterocycles. The van der Waals surface area contributed by atoms with E-state index in [1.54, 1.807) is 0 Å². The van der Waals surface area contributed by atoms with Gasteiger partial charge in [-0.2, -0.15) is 0 Å². The normalized spacial score (nSPS) is 27.8. The smallest absolute Gasteiger partial charge is 0.0438 e. The third-order valence-electron chi connectivity index (χ3n) is 4.33. The van der Waals surface area contributed by atoms with E-state index >= 15 is 0 Å². The third-order valence-corrected chi connectivity index (χ3v) is 4.70. The van der Waals surface area contributed by atoms with Crippen LogP contribution in [0, 0.1) is 5.41 Å². The molecule has 1 unspecified atom stereocenters. The average Bonchev–Trinajstić information content (AvgIpc) is 2.42. The first-order valence-electron chi connectivity index (χ1n) is 6.93. The van der Waals surface area contributed by atoms with Crippen molar-refractivity contribution >= 4 is 11.6 Å². The van der Waals surface area contributed by atoms with Gasteiger partial charge >= 0.3 is 0 Å². The van der Waals surface area contributed by atoms with Crippen molar-refractivity contribution in [1.82, 2.24) is 0 Å². The minimum atomic E-state index is -0.0707. The highest BCUT2D eigenvalue weighted by Crippen LogP contribution is 2.38. The molecule has 0 spiro atoms. The molecule has 1 aliphatic rings. The lowest BCUT2D eigenvalue weighted by molar-refractivity contribution is 0.297. The largest absolute Gasteiger partial charge is 0.325 e. The summed E-state index contributed by atoms with van der Waals surface area (Å²) in [5.41, 5.74) is 8.19. The molecular weight excluding hydrogens is 242 g/mol. The Balaban J connectivity index is 2.10. The maximum atomic E-state index is 6.62. The van der Waals surface area contributed by atoms with Gasteiger partial charge in [0.05, 0.1) is 0 Å². The summed E-state index contributed by atoms with van der Waals surface area (Å²) in [7, 11) is 0. The first-order chi connectivity index (χ1) is 8.40. The molecule has 1 fully saturated rings. The van der Waals surface area contributed by atoms with Gasteiger partial charge in [0.1, 0.15) is 0 Å². The van der Waals surface area contributed by atoms with Gasteiger partial charge < -0.3 is 5.73 Å². The molecule has 2 N–H and O–H groups in total. The average molecular weight is 266 g/mol. The van der Waals surface area contributed by atoms with E-state index in [4.69, 9.17) is 17.3 Å². The van der Waals surface area contributed by atoms with Gasteiger partial charge in [0.2, 0.25) is 0 Å². The maximum absolute atomic E-state index is 6.62. The monoisotopic (exact) mass is 265 g/mol. The summed E-state index contributed by atoms with van der Waals surface area (Å²) in [6, 6.07) is 8.09. The molecule has 1 saturated carbocycles. The zero-order chi connectivity index (χ0) is 13.2. The van der Waals surface area contributed by atoms with Crippen molar-refractivity contribution in [2.75, 3.05) is 0 Å². The molecule has 0 heterocycles. The molecule has 2 heteroatoms. The Morgan fingerprint density at radius 1 is 1.11 bits per heavy atom. The molecule has 18 heavy (non-hydrogen) atoms. The topological polar surface area (TPSA) is 26.0 Å². The first-order valence-corrected chi connectivity index (χ1v) is 7.30. The van der Waals surface area contributed by atoms with Crippen molar-refractivity contribution in [3.8, 4) is 0 Å². The van der Waals surface area contributed by atoms with Gasteiger partial charge in [0.15, 0.2) is 0 Å². The maximum Gasteiger partial charge on any atom is 0.0438 e. The van der Waals surface area contributed by atoms with Crippen LogP contribution >= 0.6 is 11.6 Å². The quantitative estimate of drug-likeness (QED) is 0.779. The standard InChI is InChI=1S/C16H24ClN/c1-15(2)8-5-9-16(18,11-10-15)12-13-6-3-4-7-14(13)17/h3-4,6-7H,5,8-12,18H2,1-2H3. The summed E-state index contributed by atoms with van der Waals surface area (Å²) < 4.78 is 0. The highest BCUT2D eigenvalue weighted by atomic mass is 35.5. The molecule has 0 saturated heterocycles. The van der Waals surface area contributed by atoms with E-state index in [0.29, 0.717) is 5.41 Å². The van der Waals surface area contributed by atoms with Gasteiger partial charge in [-0.3, -0.25) is 0 Å². The lowest BCUT2D eigenvalue weighted by Gasteiger charge is -2.29. The number of halogens is 1. The second-order valence-electron chi connectivity index (χ2n) is 6.65. The van der Waals surface area contributed by atoms with Crippen molar-refractivity contribution in [3.05, 3.63) is 34.9 Å². The fourth-order valence-corrected chi connectivity index (χ4v) is 3.16. The highest BCUT2D eigenvalue weighted by Gasteiger charge is 2.32. The molecule has 1 nitrogen and oxygen atoms in total. The first kappa shape index (κ1) is 13.9. The van der Waals surface area contributed by atoms with Gasteiger partial charge in [-0.05, 0) is 49.1 Å². The summed E-state index contributed by atoms with van der Waals surface area (Å²) >= 11 is 6.25. The van der Waals surface area contributed by atoms with E-state index in [2.05, 4.69) is 19.9 Å². The van der Waals surface area contributed by atoms with Crippen LogP contribution < -0.4 is 5.73 Å². The van der Waals surface area contributed by atoms with E-state index in [-0.39, 0.29) is 5.54 Å². The fourth-order valence-electron chi connectivity index (χ4n) is 2.95. The van der Waals surface area contributed by atoms with Crippen LogP contribution in [0.2, 0.25) is 5.02 Å². The molecular formula is C16H24ClN. The van der Waals surface area contributed by atoms with Crippen LogP contribution in [0.4, 0.5) is 0 Å². The Morgan fingerprint density at radius 2 is 1.83 bits per heavy atom. The van der Waals surface area contributed by atoms with Crippen molar-refractivity contribution in [2.24, 2.45) is 11.1 Å². The summed E-state index contributed by atoms with van der Waals surface area (Å²) in [6.07, 6.45) is 6.85. The molecule has 2 rings (SSSR count). The molecule has 1 aromatic carbocycles. The Morgan fingerprint density at radius 3 is 2.56 bits per heavy atom. The number of hydrogen-bond acceptors (Lipinski definition) is 1. The number of nitrogens with two attached hydrogens (primary N) is 1. The van der Waals surface area contributed by atoms with E-state index in [0.717, 1.165) is 24.3 Å². The van der Waals surface area contributed by atoms with Gasteiger partial charge in [0.25, 0.3) is 0 Å². The van der Waals surface area contributed by atoms with Gasteiger partial charge in [-0.1, -0.05) is 50.1 Å². The number of rotatable bonds is 2. The van der Waals surface area contributed by atoms with Crippen molar-refractivity contribution in [2.45, 2.75) is 57.9 Å². The second-order valence-corrected chi connectivity index (χ2v) is 7.06. The van der Waals surface area contributed by atoms with Gasteiger partial charge in [0, 0.05) is 10.6 Å². The SMILES string of the molecule is CC1(C)CCCC(N)(Cc2ccccc2Cl)CC1. The molecule has 1 aromatic rings. The summed E-state index contributed by atoms with van der Waals surface area (Å²) in [5, 5.41) is 0.853. The lowest BCUT2D eigenvalue weighted by atomic mass is 9.81. The third kappa shape index (κ3) is 3.49. The predicted molar refractivity (Wildman–Crippen MR) is 78.9 cm³/mol. The molecule has 0 bridgehead atoms. The van der Waals surface area contributed by atoms with E-state index in [1.165, 1.54) is 24.8 Å². The minimum absolute atomic E-state index is 0.0707. The van der Waals surface area contributed by atoms with Crippen molar-refractivity contribution in [1.29, 1.82) is 0 Å². The highest BCUT2D eigenvalue weighted by molar-refractivity contribution is 6.31. The minimum Gasteiger partial charge on any atom is -0.325 e. The zero-order valence-electron chi connectivity index (χ0n) is 11.5. The van der Waals surface area contributed by atoms with E-state index in [9.17, 15) is 0 Å². The van der Waals surface area contributed by atoms with Gasteiger partial charge in [-0.15, -0.1) is 0 Å². The lowest BCUT2D eigenvalue weighted by Crippen LogP contribution is -2.41. The van der Waals surface area contributed by atoms with Crippen LogP contribution in [0.1, 0.15) is 51.5 Å². The van der Waals surface area contributed by atoms with Crippen molar-refractivity contribution in [3.63, 3.8) is 0 Å². The predicted octanol–water partition coefficient (Wildman–Crippen LogP) is 4.57. The summed E-state index contributed by atoms with van der Waals surface area (Å²) in [4.78, 5) is 0. The van der Waals surface area contributed by atoms with Crippen molar-refractivity contribution < 1.29 is 0 Å². The zero-order valence-corrected chi connectivity index (χ0v) is 12.3. The van der Waals surface area contributed by atoms with Crippen LogP contribution in [-0.4, -0.2) is 5.54 Å². The molecule has 0 aromatic heterocycles. The van der Waals surface area contributed by atoms with Crippen LogP contribution in [0.3, 0.4) is 0 Å². The molecule has 0 radical (unpaired) electrons. The van der Waals surface area contributed by atoms with Gasteiger partial charge in [-0.25, -0.2) is 0 Å². The van der Waals surface area contributed by atoms with Crippen LogP contribution in [0.5, 0.6) is 0 Å². The van der Waals surface area contributed by atoms with Crippen LogP contribution in [0.25, 0.3) is 0 Å². The fraction of sp³-hybridized carbons (Fsp3) is 0.625. The summed E-state index contributed by atoms with van der Waals surface area (Å²) in [6.45, 7) is 4.71. The molecule has 100 valence electrons. The Bertz CT molecular complexity index is 413. The summed E-state index contributed by atoms with van der Waals surface area (Å²) in [5.74, 6) is 0. The van der Waals surface area contributed by atoms with Crippen LogP contribution in [0.15, 0.2) is 24.3 Å². The molecule has 1 atom stereocenters. The van der Waals surface area contributed by atoms with E-state index in [1.807, 2.05) is 18.2 Å². The van der Waals surface area contributed by atoms with Crippen LogP contribution in [-0.2, 0) is 6.42 Å². The number of hydrogen-bond donors (Lipinski definition) is 1. The Hall–Kier alpha value is -0.530.